The van der Waals surface area contributed by atoms with Gasteiger partial charge in [-0.1, -0.05) is 25.1 Å². The summed E-state index contributed by atoms with van der Waals surface area (Å²) < 4.78 is 5.09. The lowest BCUT2D eigenvalue weighted by atomic mass is 9.98. The number of halogens is 1. The van der Waals surface area contributed by atoms with Gasteiger partial charge in [-0.3, -0.25) is 19.8 Å². The van der Waals surface area contributed by atoms with E-state index in [1.54, 1.807) is 49.4 Å². The Kier molecular flexibility index (Phi) is 10.3. The van der Waals surface area contributed by atoms with Crippen molar-refractivity contribution < 1.29 is 19.1 Å². The highest BCUT2D eigenvalue weighted by Gasteiger charge is 2.24. The lowest BCUT2D eigenvalue weighted by Crippen LogP contribution is -2.31. The lowest BCUT2D eigenvalue weighted by molar-refractivity contribution is -0.143. The van der Waals surface area contributed by atoms with E-state index in [0.29, 0.717) is 28.7 Å². The number of carbonyl (C=O) groups is 3. The number of nitrogens with one attached hydrogen (secondary N) is 2. The van der Waals surface area contributed by atoms with E-state index >= 15 is 0 Å². The van der Waals surface area contributed by atoms with Gasteiger partial charge in [0.25, 0.3) is 11.8 Å². The number of carbonyl (C=O) groups excluding carboxylic acids is 3. The van der Waals surface area contributed by atoms with Crippen LogP contribution < -0.4 is 11.1 Å². The molecule has 1 unspecified atom stereocenters. The summed E-state index contributed by atoms with van der Waals surface area (Å²) in [7, 11) is 0. The highest BCUT2D eigenvalue weighted by Crippen LogP contribution is 2.22. The molecule has 4 N–H and O–H groups in total. The van der Waals surface area contributed by atoms with Crippen molar-refractivity contribution in [3.05, 3.63) is 70.3 Å². The molecule has 9 heteroatoms. The van der Waals surface area contributed by atoms with Gasteiger partial charge >= 0.3 is 5.97 Å². The van der Waals surface area contributed by atoms with Gasteiger partial charge in [0.2, 0.25) is 0 Å². The number of likely N-dealkylation sites (tertiary alicyclic amines) is 1. The van der Waals surface area contributed by atoms with Gasteiger partial charge in [0.15, 0.2) is 0 Å². The summed E-state index contributed by atoms with van der Waals surface area (Å²) in [6.45, 7) is 5.44. The quantitative estimate of drug-likeness (QED) is 0.275. The van der Waals surface area contributed by atoms with Crippen LogP contribution >= 0.6 is 12.4 Å². The van der Waals surface area contributed by atoms with Crippen LogP contribution in [-0.2, 0) is 16.0 Å². The molecule has 3 rings (SSSR count). The smallest absolute Gasteiger partial charge is 0.308 e. The molecule has 1 atom stereocenters. The van der Waals surface area contributed by atoms with Crippen molar-refractivity contribution in [2.45, 2.75) is 45.6 Å². The van der Waals surface area contributed by atoms with E-state index < -0.39 is 12.0 Å². The number of benzene rings is 2. The Hall–Kier alpha value is -3.39. The van der Waals surface area contributed by atoms with Crippen molar-refractivity contribution in [1.82, 2.24) is 10.2 Å². The zero-order valence-electron chi connectivity index (χ0n) is 20.1. The molecule has 0 bridgehead atoms. The molecule has 188 valence electrons. The number of nitrogen functional groups attached to an aromatic ring is 1. The maximum Gasteiger partial charge on any atom is 0.308 e. The van der Waals surface area contributed by atoms with Gasteiger partial charge in [-0.05, 0) is 61.6 Å². The number of nitrogens with zero attached hydrogens (tertiary/aromatic N) is 1. The third kappa shape index (κ3) is 7.05. The van der Waals surface area contributed by atoms with E-state index in [1.165, 1.54) is 0 Å². The largest absolute Gasteiger partial charge is 0.466 e. The first kappa shape index (κ1) is 27.9. The number of aryl methyl sites for hydroxylation is 1. The molecule has 2 aromatic rings. The van der Waals surface area contributed by atoms with E-state index in [-0.39, 0.29) is 43.1 Å². The van der Waals surface area contributed by atoms with Crippen LogP contribution in [0.4, 0.5) is 0 Å². The second-order valence-electron chi connectivity index (χ2n) is 8.30. The van der Waals surface area contributed by atoms with Gasteiger partial charge in [0, 0.05) is 29.8 Å². The molecule has 1 heterocycles. The Bertz CT molecular complexity index is 1080. The first-order chi connectivity index (χ1) is 16.3. The Morgan fingerprint density at radius 3 is 2.43 bits per heavy atom. The summed E-state index contributed by atoms with van der Waals surface area (Å²) in [5, 5.41) is 10.6. The Morgan fingerprint density at radius 2 is 1.80 bits per heavy atom. The van der Waals surface area contributed by atoms with Crippen LogP contribution in [0.25, 0.3) is 0 Å². The zero-order valence-corrected chi connectivity index (χ0v) is 21.0. The Balaban J connectivity index is 0.00000432. The van der Waals surface area contributed by atoms with Crippen LogP contribution in [0.2, 0.25) is 0 Å². The molecule has 1 aliphatic heterocycles. The molecule has 35 heavy (non-hydrogen) atoms. The minimum atomic E-state index is -0.665. The van der Waals surface area contributed by atoms with Crippen LogP contribution in [-0.4, -0.2) is 48.2 Å². The normalized spacial score (nSPS) is 13.5. The monoisotopic (exact) mass is 500 g/mol. The summed E-state index contributed by atoms with van der Waals surface area (Å²) >= 11 is 0. The van der Waals surface area contributed by atoms with Crippen LogP contribution in [0, 0.1) is 5.41 Å². The molecule has 2 amide bonds. The maximum absolute atomic E-state index is 13.2. The second-order valence-corrected chi connectivity index (χ2v) is 8.30. The summed E-state index contributed by atoms with van der Waals surface area (Å²) in [6.07, 6.45) is 2.58. The lowest BCUT2D eigenvalue weighted by Gasteiger charge is -2.20. The molecule has 0 saturated carbocycles. The molecular weight excluding hydrogens is 468 g/mol. The average Bonchev–Trinajstić information content (AvgIpc) is 3.38. The number of esters is 1. The van der Waals surface area contributed by atoms with Crippen molar-refractivity contribution in [1.29, 1.82) is 5.41 Å². The molecule has 1 fully saturated rings. The standard InChI is InChI=1S/C26H32N4O4.ClH/c1-3-17-14-20(10-11-21(17)26(33)30-12-5-6-13-30)25(32)29-22(16-23(31)34-4-2)18-8-7-9-19(15-18)24(27)28;/h7-11,14-15,22H,3-6,12-13,16H2,1-2H3,(H3,27,28)(H,29,32);1H. The van der Waals surface area contributed by atoms with Crippen molar-refractivity contribution in [3.63, 3.8) is 0 Å². The summed E-state index contributed by atoms with van der Waals surface area (Å²) in [6, 6.07) is 11.3. The van der Waals surface area contributed by atoms with Crippen LogP contribution in [0.15, 0.2) is 42.5 Å². The molecule has 1 saturated heterocycles. The molecule has 0 radical (unpaired) electrons. The third-order valence-electron chi connectivity index (χ3n) is 5.95. The number of hydrogen-bond acceptors (Lipinski definition) is 5. The third-order valence-corrected chi connectivity index (χ3v) is 5.95. The predicted octanol–water partition coefficient (Wildman–Crippen LogP) is 3.62. The molecule has 0 aliphatic carbocycles. The number of hydrogen-bond donors (Lipinski definition) is 3. The van der Waals surface area contributed by atoms with E-state index in [0.717, 1.165) is 31.5 Å². The van der Waals surface area contributed by atoms with Gasteiger partial charge in [0.05, 0.1) is 19.1 Å². The van der Waals surface area contributed by atoms with Crippen LogP contribution in [0.1, 0.15) is 76.6 Å². The summed E-state index contributed by atoms with van der Waals surface area (Å²) in [5.74, 6) is -0.907. The molecule has 2 aromatic carbocycles. The minimum Gasteiger partial charge on any atom is -0.466 e. The van der Waals surface area contributed by atoms with Crippen molar-refractivity contribution in [2.75, 3.05) is 19.7 Å². The van der Waals surface area contributed by atoms with Crippen LogP contribution in [0.5, 0.6) is 0 Å². The zero-order chi connectivity index (χ0) is 24.7. The topological polar surface area (TPSA) is 126 Å². The van der Waals surface area contributed by atoms with Crippen LogP contribution in [0.3, 0.4) is 0 Å². The van der Waals surface area contributed by atoms with E-state index in [2.05, 4.69) is 5.32 Å². The molecular formula is C26H33ClN4O4. The first-order valence-corrected chi connectivity index (χ1v) is 11.7. The van der Waals surface area contributed by atoms with Crippen molar-refractivity contribution >= 4 is 36.0 Å². The summed E-state index contributed by atoms with van der Waals surface area (Å²) in [5.41, 5.74) is 8.60. The molecule has 8 nitrogen and oxygen atoms in total. The van der Waals surface area contributed by atoms with Crippen molar-refractivity contribution in [2.24, 2.45) is 5.73 Å². The van der Waals surface area contributed by atoms with Gasteiger partial charge in [-0.15, -0.1) is 12.4 Å². The van der Waals surface area contributed by atoms with Gasteiger partial charge in [-0.25, -0.2) is 0 Å². The summed E-state index contributed by atoms with van der Waals surface area (Å²) in [4.78, 5) is 40.1. The Morgan fingerprint density at radius 1 is 1.09 bits per heavy atom. The fourth-order valence-electron chi connectivity index (χ4n) is 4.13. The molecule has 0 spiro atoms. The first-order valence-electron chi connectivity index (χ1n) is 11.7. The minimum absolute atomic E-state index is 0. The molecule has 0 aromatic heterocycles. The highest BCUT2D eigenvalue weighted by molar-refractivity contribution is 5.99. The number of nitrogens with two attached hydrogens (primary N) is 1. The fourth-order valence-corrected chi connectivity index (χ4v) is 4.13. The van der Waals surface area contributed by atoms with Gasteiger partial charge in [0.1, 0.15) is 5.84 Å². The van der Waals surface area contributed by atoms with E-state index in [9.17, 15) is 14.4 Å². The van der Waals surface area contributed by atoms with Crippen molar-refractivity contribution in [3.8, 4) is 0 Å². The molecule has 1 aliphatic rings. The predicted molar refractivity (Wildman–Crippen MR) is 137 cm³/mol. The van der Waals surface area contributed by atoms with E-state index in [1.807, 2.05) is 11.8 Å². The maximum atomic E-state index is 13.2. The second kappa shape index (κ2) is 12.9. The van der Waals surface area contributed by atoms with Gasteiger partial charge in [-0.2, -0.15) is 0 Å². The fraction of sp³-hybridized carbons (Fsp3) is 0.385. The number of amides is 2. The number of rotatable bonds is 9. The van der Waals surface area contributed by atoms with E-state index in [4.69, 9.17) is 15.9 Å². The SMILES string of the molecule is CCOC(=O)CC(NC(=O)c1ccc(C(=O)N2CCCC2)c(CC)c1)c1cccc(C(=N)N)c1.Cl. The average molecular weight is 501 g/mol. The number of amidine groups is 1. The number of ether oxygens (including phenoxy) is 1. The van der Waals surface area contributed by atoms with Gasteiger partial charge < -0.3 is 20.7 Å². The highest BCUT2D eigenvalue weighted by atomic mass is 35.5. The Labute approximate surface area is 212 Å².